The first-order valence-electron chi connectivity index (χ1n) is 14.7. The zero-order chi connectivity index (χ0) is 31.6. The van der Waals surface area contributed by atoms with Crippen molar-refractivity contribution in [3.63, 3.8) is 0 Å². The van der Waals surface area contributed by atoms with Crippen molar-refractivity contribution in [3.8, 4) is 27.9 Å². The first-order chi connectivity index (χ1) is 21.6. The Kier molecular flexibility index (Phi) is 8.31. The quantitative estimate of drug-likeness (QED) is 0.194. The van der Waals surface area contributed by atoms with Gasteiger partial charge in [-0.2, -0.15) is 5.10 Å². The topological polar surface area (TPSA) is 127 Å². The number of aromatic nitrogens is 5. The average molecular weight is 623 g/mol. The van der Waals surface area contributed by atoms with Gasteiger partial charge in [-0.1, -0.05) is 44.2 Å². The van der Waals surface area contributed by atoms with Gasteiger partial charge in [0.05, 0.1) is 34.3 Å². The van der Waals surface area contributed by atoms with Crippen LogP contribution in [-0.2, 0) is 10.2 Å². The van der Waals surface area contributed by atoms with E-state index in [1.54, 1.807) is 15.8 Å². The number of aryl methyl sites for hydroxylation is 1. The lowest BCUT2D eigenvalue weighted by molar-refractivity contribution is -0.119. The molecule has 2 aromatic carbocycles. The Morgan fingerprint density at radius 2 is 1.73 bits per heavy atom. The molecule has 3 aromatic heterocycles. The fourth-order valence-electron chi connectivity index (χ4n) is 4.83. The van der Waals surface area contributed by atoms with Crippen LogP contribution < -0.4 is 20.3 Å². The van der Waals surface area contributed by atoms with Crippen molar-refractivity contribution in [2.45, 2.75) is 52.4 Å². The van der Waals surface area contributed by atoms with Gasteiger partial charge in [0.1, 0.15) is 11.6 Å². The maximum atomic E-state index is 13.0. The van der Waals surface area contributed by atoms with E-state index in [-0.39, 0.29) is 17.3 Å². The summed E-state index contributed by atoms with van der Waals surface area (Å²) in [5.74, 6) is 1.24. The van der Waals surface area contributed by atoms with Gasteiger partial charge in [0.15, 0.2) is 5.13 Å². The summed E-state index contributed by atoms with van der Waals surface area (Å²) in [5, 5.41) is 11.2. The second-order valence-electron chi connectivity index (χ2n) is 11.9. The van der Waals surface area contributed by atoms with E-state index in [4.69, 9.17) is 9.84 Å². The van der Waals surface area contributed by atoms with Crippen molar-refractivity contribution in [2.24, 2.45) is 0 Å². The number of rotatable bonds is 7. The van der Waals surface area contributed by atoms with E-state index in [0.29, 0.717) is 23.7 Å². The number of carbonyl (C=O) groups excluding carboxylic acids is 2. The number of ether oxygens (including phenoxy) is 1. The Morgan fingerprint density at radius 1 is 0.956 bits per heavy atom. The molecule has 0 spiro atoms. The van der Waals surface area contributed by atoms with E-state index in [2.05, 4.69) is 46.4 Å². The number of thiazole rings is 1. The number of carbonyl (C=O) groups is 2. The van der Waals surface area contributed by atoms with E-state index in [0.717, 1.165) is 51.9 Å². The van der Waals surface area contributed by atoms with Gasteiger partial charge in [-0.05, 0) is 67.3 Å². The van der Waals surface area contributed by atoms with Crippen LogP contribution in [0.3, 0.4) is 0 Å². The maximum Gasteiger partial charge on any atom is 0.324 e. The van der Waals surface area contributed by atoms with Crippen molar-refractivity contribution < 1.29 is 14.3 Å². The molecule has 1 aliphatic heterocycles. The molecule has 2 N–H and O–H groups in total. The van der Waals surface area contributed by atoms with Gasteiger partial charge in [-0.25, -0.2) is 24.4 Å². The molecule has 230 valence electrons. The number of nitrogens with one attached hydrogen (secondary N) is 2. The molecule has 6 rings (SSSR count). The summed E-state index contributed by atoms with van der Waals surface area (Å²) in [7, 11) is 0. The molecule has 0 saturated carbocycles. The number of nitrogens with zero attached hydrogens (tertiary/aromatic N) is 6. The highest BCUT2D eigenvalue weighted by atomic mass is 32.1. The van der Waals surface area contributed by atoms with Crippen LogP contribution >= 0.6 is 11.3 Å². The molecular weight excluding hydrogens is 588 g/mol. The number of hydrogen-bond donors (Lipinski definition) is 2. The Labute approximate surface area is 265 Å². The monoisotopic (exact) mass is 622 g/mol. The zero-order valence-corrected chi connectivity index (χ0v) is 26.4. The molecule has 12 heteroatoms. The molecule has 0 bridgehead atoms. The molecule has 1 saturated heterocycles. The lowest BCUT2D eigenvalue weighted by Gasteiger charge is -2.23. The number of hydrogen-bond acceptors (Lipinski definition) is 8. The van der Waals surface area contributed by atoms with Gasteiger partial charge in [0.2, 0.25) is 5.91 Å². The third-order valence-electron chi connectivity index (χ3n) is 7.25. The van der Waals surface area contributed by atoms with Gasteiger partial charge in [-0.3, -0.25) is 15.0 Å². The van der Waals surface area contributed by atoms with Gasteiger partial charge in [0, 0.05) is 30.6 Å². The highest BCUT2D eigenvalue weighted by Crippen LogP contribution is 2.34. The van der Waals surface area contributed by atoms with E-state index in [9.17, 15) is 9.59 Å². The third kappa shape index (κ3) is 7.01. The molecule has 0 aliphatic carbocycles. The minimum Gasteiger partial charge on any atom is -0.424 e. The highest BCUT2D eigenvalue weighted by Gasteiger charge is 2.23. The van der Waals surface area contributed by atoms with Crippen LogP contribution in [0.25, 0.3) is 16.1 Å². The minimum atomic E-state index is -0.451. The van der Waals surface area contributed by atoms with Crippen LogP contribution in [0.4, 0.5) is 21.4 Å². The lowest BCUT2D eigenvalue weighted by Crippen LogP contribution is -2.34. The molecule has 0 unspecified atom stereocenters. The molecule has 11 nitrogen and oxygen atoms in total. The fraction of sp³-hybridized carbons (Fsp3) is 0.273. The highest BCUT2D eigenvalue weighted by molar-refractivity contribution is 7.19. The first-order valence-corrected chi connectivity index (χ1v) is 15.6. The SMILES string of the molecule is Cc1cccc(-n2nc(C(C)(C)C)cc2NC(=O)Nc2cnc(Oc3ccc(-c4cnc(N5CCCCC5=O)s4)cc3)nc2)c1. The molecule has 45 heavy (non-hydrogen) atoms. The van der Waals surface area contributed by atoms with Crippen molar-refractivity contribution in [2.75, 3.05) is 22.1 Å². The van der Waals surface area contributed by atoms with Crippen LogP contribution in [0, 0.1) is 6.92 Å². The van der Waals surface area contributed by atoms with Gasteiger partial charge in [0.25, 0.3) is 0 Å². The summed E-state index contributed by atoms with van der Waals surface area (Å²) in [6.45, 7) is 8.96. The molecular formula is C33H34N8O3S. The van der Waals surface area contributed by atoms with Crippen molar-refractivity contribution in [1.82, 2.24) is 24.7 Å². The van der Waals surface area contributed by atoms with E-state index in [1.807, 2.05) is 61.5 Å². The summed E-state index contributed by atoms with van der Waals surface area (Å²) in [6, 6.07) is 17.0. The molecule has 0 radical (unpaired) electrons. The van der Waals surface area contributed by atoms with E-state index < -0.39 is 6.03 Å². The fourth-order valence-corrected chi connectivity index (χ4v) is 5.79. The van der Waals surface area contributed by atoms with Crippen molar-refractivity contribution in [1.29, 1.82) is 0 Å². The normalized spacial score (nSPS) is 13.5. The Balaban J connectivity index is 1.08. The van der Waals surface area contributed by atoms with Crippen molar-refractivity contribution >= 4 is 39.9 Å². The molecule has 1 fully saturated rings. The smallest absolute Gasteiger partial charge is 0.324 e. The summed E-state index contributed by atoms with van der Waals surface area (Å²) in [4.78, 5) is 40.9. The van der Waals surface area contributed by atoms with Crippen LogP contribution in [0.1, 0.15) is 51.3 Å². The number of amides is 3. The number of piperidine rings is 1. The maximum absolute atomic E-state index is 13.0. The second kappa shape index (κ2) is 12.5. The second-order valence-corrected chi connectivity index (χ2v) is 12.9. The van der Waals surface area contributed by atoms with Crippen LogP contribution in [0.5, 0.6) is 11.8 Å². The predicted molar refractivity (Wildman–Crippen MR) is 176 cm³/mol. The van der Waals surface area contributed by atoms with Crippen LogP contribution in [-0.4, -0.2) is 43.2 Å². The van der Waals surface area contributed by atoms with Gasteiger partial charge < -0.3 is 10.1 Å². The molecule has 3 amide bonds. The molecule has 0 atom stereocenters. The summed E-state index contributed by atoms with van der Waals surface area (Å²) in [5.41, 5.74) is 3.96. The van der Waals surface area contributed by atoms with Gasteiger partial charge in [-0.15, -0.1) is 0 Å². The van der Waals surface area contributed by atoms with Crippen LogP contribution in [0.2, 0.25) is 0 Å². The predicted octanol–water partition coefficient (Wildman–Crippen LogP) is 7.34. The number of urea groups is 1. The Bertz CT molecular complexity index is 1820. The first kappa shape index (κ1) is 29.9. The standard InChI is InChI=1S/C33H34N8O3S/c1-21-8-7-9-24(16-21)41-28(17-27(39-41)33(2,3)4)38-30(43)37-23-18-34-31(35-19-23)44-25-13-11-22(12-14-25)26-20-36-32(45-26)40-15-6-5-10-29(40)42/h7-9,11-14,16-20H,5-6,10,15H2,1-4H3,(H2,37,38,43). The zero-order valence-electron chi connectivity index (χ0n) is 25.6. The molecule has 4 heterocycles. The number of anilines is 3. The Morgan fingerprint density at radius 3 is 2.44 bits per heavy atom. The summed E-state index contributed by atoms with van der Waals surface area (Å²) in [6.07, 6.45) is 7.27. The summed E-state index contributed by atoms with van der Waals surface area (Å²) < 4.78 is 7.55. The number of benzene rings is 2. The minimum absolute atomic E-state index is 0.132. The summed E-state index contributed by atoms with van der Waals surface area (Å²) >= 11 is 1.50. The largest absolute Gasteiger partial charge is 0.424 e. The van der Waals surface area contributed by atoms with Crippen molar-refractivity contribution in [3.05, 3.63) is 84.4 Å². The lowest BCUT2D eigenvalue weighted by atomic mass is 9.92. The molecule has 5 aromatic rings. The Hall–Kier alpha value is -5.10. The van der Waals surface area contributed by atoms with Gasteiger partial charge >= 0.3 is 12.0 Å². The molecule has 1 aliphatic rings. The average Bonchev–Trinajstić information content (AvgIpc) is 3.67. The van der Waals surface area contributed by atoms with E-state index >= 15 is 0 Å². The van der Waals surface area contributed by atoms with E-state index in [1.165, 1.54) is 23.7 Å². The van der Waals surface area contributed by atoms with Crippen LogP contribution in [0.15, 0.2) is 73.2 Å². The third-order valence-corrected chi connectivity index (χ3v) is 8.32.